The zero-order valence-corrected chi connectivity index (χ0v) is 26.3. The van der Waals surface area contributed by atoms with Crippen LogP contribution in [0.15, 0.2) is 68.2 Å². The van der Waals surface area contributed by atoms with Crippen LogP contribution in [-0.2, 0) is 6.42 Å². The monoisotopic (exact) mass is 829 g/mol. The summed E-state index contributed by atoms with van der Waals surface area (Å²) in [6, 6.07) is 11.6. The number of benzene rings is 3. The first-order chi connectivity index (χ1) is 15.2. The van der Waals surface area contributed by atoms with Gasteiger partial charge in [0.1, 0.15) is 11.0 Å². The summed E-state index contributed by atoms with van der Waals surface area (Å²) in [6.45, 7) is 0. The maximum Gasteiger partial charge on any atom is 0.120 e. The second-order valence-corrected chi connectivity index (χ2v) is 11.9. The molecule has 0 radical (unpaired) electrons. The molecule has 0 atom stereocenters. The molecule has 5 nitrogen and oxygen atoms in total. The van der Waals surface area contributed by atoms with Crippen LogP contribution >= 0.6 is 107 Å². The predicted octanol–water partition coefficient (Wildman–Crippen LogP) is 9.06. The fourth-order valence-electron chi connectivity index (χ4n) is 2.53. The first-order valence-corrected chi connectivity index (χ1v) is 14.2. The number of halogens is 6. The summed E-state index contributed by atoms with van der Waals surface area (Å²) in [5.74, 6) is 0. The van der Waals surface area contributed by atoms with Gasteiger partial charge < -0.3 is 11.5 Å². The summed E-state index contributed by atoms with van der Waals surface area (Å²) in [7, 11) is 0. The SMILES string of the molecule is Brc1ccc(Br)c2c1CC=N2.Brc1ccc(Br)c2nsnc12.Nc1c(Br)ccc(Br)c1N. The van der Waals surface area contributed by atoms with E-state index in [1.807, 2.05) is 42.6 Å². The third-order valence-corrected chi connectivity index (χ3v) is 8.76. The summed E-state index contributed by atoms with van der Waals surface area (Å²) in [4.78, 5) is 4.26. The molecule has 32 heavy (non-hydrogen) atoms. The van der Waals surface area contributed by atoms with E-state index in [0.29, 0.717) is 11.4 Å². The smallest absolute Gasteiger partial charge is 0.120 e. The average Bonchev–Trinajstić information content (AvgIpc) is 3.47. The van der Waals surface area contributed by atoms with Crippen molar-refractivity contribution in [1.29, 1.82) is 0 Å². The van der Waals surface area contributed by atoms with Crippen molar-refractivity contribution in [2.45, 2.75) is 6.42 Å². The largest absolute Gasteiger partial charge is 0.396 e. The van der Waals surface area contributed by atoms with E-state index in [1.54, 1.807) is 0 Å². The Morgan fingerprint density at radius 3 is 1.56 bits per heavy atom. The van der Waals surface area contributed by atoms with Crippen molar-refractivity contribution in [3.05, 3.63) is 68.8 Å². The van der Waals surface area contributed by atoms with E-state index < -0.39 is 0 Å². The maximum atomic E-state index is 5.58. The number of anilines is 2. The van der Waals surface area contributed by atoms with Crippen molar-refractivity contribution >= 4 is 142 Å². The van der Waals surface area contributed by atoms with Crippen LogP contribution in [0.5, 0.6) is 0 Å². The number of fused-ring (bicyclic) bond motifs is 2. The van der Waals surface area contributed by atoms with Gasteiger partial charge in [-0.25, -0.2) is 0 Å². The van der Waals surface area contributed by atoms with Crippen molar-refractivity contribution in [1.82, 2.24) is 8.75 Å². The lowest BCUT2D eigenvalue weighted by Gasteiger charge is -2.03. The molecule has 0 spiro atoms. The first kappa shape index (κ1) is 26.2. The van der Waals surface area contributed by atoms with Gasteiger partial charge in [0.2, 0.25) is 0 Å². The lowest BCUT2D eigenvalue weighted by molar-refractivity contribution is 1.37. The normalized spacial score (nSPS) is 11.4. The van der Waals surface area contributed by atoms with Gasteiger partial charge in [0.25, 0.3) is 0 Å². The Kier molecular flexibility index (Phi) is 9.72. The van der Waals surface area contributed by atoms with Gasteiger partial charge in [0.15, 0.2) is 0 Å². The van der Waals surface area contributed by atoms with Crippen LogP contribution in [0.25, 0.3) is 11.0 Å². The number of nitrogen functional groups attached to an aromatic ring is 2. The molecule has 0 saturated carbocycles. The third-order valence-electron chi connectivity index (χ3n) is 4.19. The Morgan fingerprint density at radius 1 is 0.625 bits per heavy atom. The van der Waals surface area contributed by atoms with Crippen LogP contribution in [0, 0.1) is 0 Å². The fraction of sp³-hybridized carbons (Fsp3) is 0.0500. The van der Waals surface area contributed by atoms with Crippen LogP contribution in [0.2, 0.25) is 0 Å². The Balaban J connectivity index is 0.000000136. The van der Waals surface area contributed by atoms with Crippen LogP contribution in [0.1, 0.15) is 5.56 Å². The van der Waals surface area contributed by atoms with Gasteiger partial charge in [-0.15, -0.1) is 0 Å². The van der Waals surface area contributed by atoms with Gasteiger partial charge in [-0.05, 0) is 122 Å². The van der Waals surface area contributed by atoms with E-state index in [1.165, 1.54) is 17.3 Å². The van der Waals surface area contributed by atoms with Crippen molar-refractivity contribution < 1.29 is 0 Å². The highest BCUT2D eigenvalue weighted by Crippen LogP contribution is 2.37. The molecule has 4 aromatic rings. The molecular formula is C20H13Br6N5S. The summed E-state index contributed by atoms with van der Waals surface area (Å²) in [5.41, 5.74) is 16.5. The molecule has 4 N–H and O–H groups in total. The van der Waals surface area contributed by atoms with Crippen molar-refractivity contribution in [3.63, 3.8) is 0 Å². The van der Waals surface area contributed by atoms with E-state index in [0.717, 1.165) is 50.0 Å². The molecule has 3 aromatic carbocycles. The Labute approximate surface area is 239 Å². The minimum atomic E-state index is 0.578. The Bertz CT molecular complexity index is 1240. The van der Waals surface area contributed by atoms with E-state index in [-0.39, 0.29) is 0 Å². The van der Waals surface area contributed by atoms with Gasteiger partial charge in [-0.3, -0.25) is 4.99 Å². The molecule has 0 amide bonds. The van der Waals surface area contributed by atoms with Gasteiger partial charge in [-0.2, -0.15) is 8.75 Å². The molecule has 1 aliphatic rings. The molecule has 2 heterocycles. The van der Waals surface area contributed by atoms with Gasteiger partial charge >= 0.3 is 0 Å². The minimum absolute atomic E-state index is 0.578. The average molecular weight is 835 g/mol. The molecule has 0 saturated heterocycles. The molecule has 1 aliphatic heterocycles. The Hall–Kier alpha value is -0.370. The third kappa shape index (κ3) is 6.19. The van der Waals surface area contributed by atoms with Gasteiger partial charge in [0.05, 0.1) is 28.8 Å². The molecule has 12 heteroatoms. The minimum Gasteiger partial charge on any atom is -0.396 e. The second-order valence-electron chi connectivity index (χ2n) is 6.22. The van der Waals surface area contributed by atoms with E-state index in [2.05, 4.69) is 109 Å². The highest BCUT2D eigenvalue weighted by molar-refractivity contribution is 9.11. The van der Waals surface area contributed by atoms with Gasteiger partial charge in [0, 0.05) is 39.5 Å². The standard InChI is InChI=1S/C8H5Br2N.C6H2Br2N2S.C6H6Br2N2/c9-6-1-2-7(10)8-5(6)3-4-11-8;7-3-1-2-4(8)6-5(3)9-11-10-6;7-3-1-2-4(8)6(10)5(3)9/h1-2,4H,3H2;1-2H;1-2H,9-10H2. The summed E-state index contributed by atoms with van der Waals surface area (Å²) in [5, 5.41) is 0. The maximum absolute atomic E-state index is 5.58. The van der Waals surface area contributed by atoms with Gasteiger partial charge in [-0.1, -0.05) is 15.9 Å². The number of hydrogen-bond donors (Lipinski definition) is 2. The van der Waals surface area contributed by atoms with Crippen LogP contribution in [0.4, 0.5) is 17.1 Å². The van der Waals surface area contributed by atoms with E-state index in [4.69, 9.17) is 11.5 Å². The highest BCUT2D eigenvalue weighted by Gasteiger charge is 2.12. The Morgan fingerprint density at radius 2 is 1.06 bits per heavy atom. The summed E-state index contributed by atoms with van der Waals surface area (Å²) in [6.07, 6.45) is 2.87. The molecule has 5 rings (SSSR count). The molecule has 0 fully saturated rings. The second kappa shape index (κ2) is 11.9. The van der Waals surface area contributed by atoms with Crippen molar-refractivity contribution in [3.8, 4) is 0 Å². The number of aliphatic imine (C=N–C) groups is 1. The lowest BCUT2D eigenvalue weighted by atomic mass is 10.2. The van der Waals surface area contributed by atoms with E-state index in [9.17, 15) is 0 Å². The van der Waals surface area contributed by atoms with Crippen LogP contribution in [0.3, 0.4) is 0 Å². The van der Waals surface area contributed by atoms with Crippen molar-refractivity contribution in [2.24, 2.45) is 4.99 Å². The number of rotatable bonds is 0. The molecule has 0 aliphatic carbocycles. The zero-order chi connectivity index (χ0) is 23.4. The molecule has 1 aromatic heterocycles. The summed E-state index contributed by atoms with van der Waals surface area (Å²) < 4.78 is 14.1. The van der Waals surface area contributed by atoms with E-state index >= 15 is 0 Å². The molecule has 0 unspecified atom stereocenters. The van der Waals surface area contributed by atoms with Crippen LogP contribution < -0.4 is 11.5 Å². The lowest BCUT2D eigenvalue weighted by Crippen LogP contribution is -1.95. The fourth-order valence-corrected chi connectivity index (χ4v) is 5.81. The molecular weight excluding hydrogens is 822 g/mol. The topological polar surface area (TPSA) is 90.2 Å². The zero-order valence-electron chi connectivity index (χ0n) is 15.9. The quantitative estimate of drug-likeness (QED) is 0.173. The number of aromatic nitrogens is 2. The first-order valence-electron chi connectivity index (χ1n) is 8.75. The molecule has 166 valence electrons. The highest BCUT2D eigenvalue weighted by atomic mass is 79.9. The number of nitrogens with two attached hydrogens (primary N) is 2. The predicted molar refractivity (Wildman–Crippen MR) is 157 cm³/mol. The summed E-state index contributed by atoms with van der Waals surface area (Å²) >= 11 is 21.4. The number of hydrogen-bond acceptors (Lipinski definition) is 6. The molecule has 0 bridgehead atoms. The number of nitrogens with zero attached hydrogens (tertiary/aromatic N) is 3. The van der Waals surface area contributed by atoms with Crippen LogP contribution in [-0.4, -0.2) is 15.0 Å². The van der Waals surface area contributed by atoms with Crippen molar-refractivity contribution in [2.75, 3.05) is 11.5 Å².